The molecule has 288 valence electrons. The molecule has 4 heterocycles. The zero-order chi connectivity index (χ0) is 40.3. The molecule has 12 rings (SSSR count). The zero-order valence-corrected chi connectivity index (χ0v) is 35.4. The molecule has 2 aromatic heterocycles. The molecule has 9 aromatic rings. The topological polar surface area (TPSA) is 21.3 Å². The van der Waals surface area contributed by atoms with Gasteiger partial charge in [-0.15, -0.1) is 0 Å². The number of nitrogens with zero attached hydrogens (tertiary/aromatic N) is 2. The van der Waals surface area contributed by atoms with E-state index in [0.717, 1.165) is 29.8 Å². The Morgan fingerprint density at radius 1 is 0.593 bits per heavy atom. The summed E-state index contributed by atoms with van der Waals surface area (Å²) in [5.74, 6) is 0. The fraction of sp³-hybridized carbons (Fsp3) is 0.236. The van der Waals surface area contributed by atoms with Crippen molar-refractivity contribution in [1.82, 2.24) is 4.48 Å². The summed E-state index contributed by atoms with van der Waals surface area (Å²) in [6.45, 7) is 18.8. The lowest BCUT2D eigenvalue weighted by molar-refractivity contribution is 0.332. The van der Waals surface area contributed by atoms with Crippen LogP contribution in [0.15, 0.2) is 132 Å². The van der Waals surface area contributed by atoms with E-state index in [4.69, 9.17) is 4.42 Å². The molecule has 0 atom stereocenters. The van der Waals surface area contributed by atoms with Gasteiger partial charge in [0.2, 0.25) is 0 Å². The molecule has 0 amide bonds. The van der Waals surface area contributed by atoms with Gasteiger partial charge >= 0.3 is 6.85 Å². The van der Waals surface area contributed by atoms with Crippen LogP contribution >= 0.6 is 0 Å². The monoisotopic (exact) mass is 764 g/mol. The first-order valence-electron chi connectivity index (χ1n) is 21.5. The largest absolute Gasteiger partial charge is 0.466 e. The number of anilines is 3. The van der Waals surface area contributed by atoms with Crippen molar-refractivity contribution in [3.05, 3.63) is 150 Å². The van der Waals surface area contributed by atoms with Crippen LogP contribution in [0.2, 0.25) is 0 Å². The van der Waals surface area contributed by atoms with Crippen molar-refractivity contribution in [3.63, 3.8) is 0 Å². The minimum absolute atomic E-state index is 0.0180. The molecule has 0 unspecified atom stereocenters. The van der Waals surface area contributed by atoms with Crippen molar-refractivity contribution < 1.29 is 4.42 Å². The van der Waals surface area contributed by atoms with Gasteiger partial charge in [-0.2, -0.15) is 0 Å². The van der Waals surface area contributed by atoms with Gasteiger partial charge in [-0.05, 0) is 111 Å². The molecular formula is C55H49BN2O. The Kier molecular flexibility index (Phi) is 6.88. The molecule has 0 bridgehead atoms. The minimum Gasteiger partial charge on any atom is -0.466 e. The molecule has 0 saturated carbocycles. The number of para-hydroxylation sites is 1. The van der Waals surface area contributed by atoms with E-state index in [-0.39, 0.29) is 23.1 Å². The molecule has 0 N–H and O–H groups in total. The number of benzene rings is 7. The Bertz CT molecular complexity index is 3280. The van der Waals surface area contributed by atoms with E-state index in [0.29, 0.717) is 0 Å². The molecule has 3 aliphatic rings. The highest BCUT2D eigenvalue weighted by atomic mass is 16.3. The summed E-state index contributed by atoms with van der Waals surface area (Å²) < 4.78 is 10.3. The van der Waals surface area contributed by atoms with Gasteiger partial charge in [0.15, 0.2) is 0 Å². The Hall–Kier alpha value is -6.00. The predicted molar refractivity (Wildman–Crippen MR) is 251 cm³/mol. The van der Waals surface area contributed by atoms with Crippen LogP contribution in [0.5, 0.6) is 0 Å². The second kappa shape index (κ2) is 11.6. The molecule has 59 heavy (non-hydrogen) atoms. The first kappa shape index (κ1) is 35.0. The van der Waals surface area contributed by atoms with E-state index in [2.05, 4.69) is 192 Å². The fourth-order valence-corrected chi connectivity index (χ4v) is 11.2. The molecule has 1 aliphatic carbocycles. The molecule has 2 aliphatic heterocycles. The highest BCUT2D eigenvalue weighted by molar-refractivity contribution is 6.89. The van der Waals surface area contributed by atoms with Crippen molar-refractivity contribution >= 4 is 78.6 Å². The van der Waals surface area contributed by atoms with Gasteiger partial charge < -0.3 is 13.8 Å². The molecule has 0 saturated heterocycles. The number of furan rings is 1. The van der Waals surface area contributed by atoms with Crippen molar-refractivity contribution in [2.45, 2.75) is 84.5 Å². The number of aromatic nitrogens is 1. The molecule has 3 nitrogen and oxygen atoms in total. The van der Waals surface area contributed by atoms with Gasteiger partial charge in [0.1, 0.15) is 11.2 Å². The van der Waals surface area contributed by atoms with E-state index in [1.54, 1.807) is 0 Å². The SMILES string of the molecule is Cc1cc2c3c(c1)N(c1ccc(C(C)(C)C)cc1-c1ccccc1)c1c(oc4cc5c(cc14)C(C)(C)CCC5(C)C)B3n1c3c-2cccc3c2ccc3ccccc3c21. The standard InChI is InChI=1S/C55H49BN2O/c1-32-27-41-38-20-14-19-37-39-23-21-34-17-12-13-18-36(34)49(39)58(50(37)38)56-48(41)46(28-32)57(45-24-22-35(53(2,3)4)29-40(45)33-15-10-9-11-16-33)51-42-30-43-44(31-47(42)59-52(51)56)55(7,8)26-25-54(43,5)6/h9-24,27-31H,25-26H2,1-8H3. The first-order chi connectivity index (χ1) is 28.3. The Morgan fingerprint density at radius 2 is 1.31 bits per heavy atom. The summed E-state index contributed by atoms with van der Waals surface area (Å²) in [6.07, 6.45) is 2.30. The maximum absolute atomic E-state index is 7.59. The van der Waals surface area contributed by atoms with Crippen LogP contribution in [0.25, 0.3) is 65.8 Å². The van der Waals surface area contributed by atoms with E-state index in [9.17, 15) is 0 Å². The smallest absolute Gasteiger partial charge is 0.376 e. The van der Waals surface area contributed by atoms with Gasteiger partial charge in [-0.25, -0.2) is 0 Å². The normalized spacial score (nSPS) is 16.2. The third kappa shape index (κ3) is 4.72. The summed E-state index contributed by atoms with van der Waals surface area (Å²) >= 11 is 0. The number of hydrogen-bond acceptors (Lipinski definition) is 2. The predicted octanol–water partition coefficient (Wildman–Crippen LogP) is 13.7. The van der Waals surface area contributed by atoms with Crippen LogP contribution in [0.3, 0.4) is 0 Å². The second-order valence-electron chi connectivity index (χ2n) is 20.1. The number of aryl methyl sites for hydroxylation is 1. The minimum atomic E-state index is -0.174. The summed E-state index contributed by atoms with van der Waals surface area (Å²) in [7, 11) is 0. The molecule has 4 heteroatoms. The lowest BCUT2D eigenvalue weighted by Crippen LogP contribution is -2.56. The molecule has 0 radical (unpaired) electrons. The third-order valence-electron chi connectivity index (χ3n) is 14.4. The molecule has 7 aromatic carbocycles. The first-order valence-corrected chi connectivity index (χ1v) is 21.5. The maximum Gasteiger partial charge on any atom is 0.376 e. The van der Waals surface area contributed by atoms with Crippen LogP contribution in [-0.4, -0.2) is 11.3 Å². The quantitative estimate of drug-likeness (QED) is 0.164. The van der Waals surface area contributed by atoms with Gasteiger partial charge in [0, 0.05) is 49.4 Å². The summed E-state index contributed by atoms with van der Waals surface area (Å²) in [5.41, 5.74) is 19.9. The lowest BCUT2D eigenvalue weighted by atomic mass is 9.47. The van der Waals surface area contributed by atoms with Crippen LogP contribution in [0.4, 0.5) is 17.1 Å². The Labute approximate surface area is 347 Å². The van der Waals surface area contributed by atoms with Gasteiger partial charge in [0.05, 0.1) is 11.4 Å². The summed E-state index contributed by atoms with van der Waals surface area (Å²) in [4.78, 5) is 2.60. The highest BCUT2D eigenvalue weighted by Crippen LogP contribution is 2.53. The van der Waals surface area contributed by atoms with Crippen molar-refractivity contribution in [2.75, 3.05) is 4.90 Å². The summed E-state index contributed by atoms with van der Waals surface area (Å²) in [5, 5.41) is 6.29. The van der Waals surface area contributed by atoms with Crippen molar-refractivity contribution in [2.24, 2.45) is 0 Å². The van der Waals surface area contributed by atoms with Crippen molar-refractivity contribution in [1.29, 1.82) is 0 Å². The number of hydrogen-bond donors (Lipinski definition) is 0. The van der Waals surface area contributed by atoms with Crippen LogP contribution in [0, 0.1) is 6.92 Å². The number of rotatable bonds is 2. The molecule has 0 spiro atoms. The highest BCUT2D eigenvalue weighted by Gasteiger charge is 2.48. The fourth-order valence-electron chi connectivity index (χ4n) is 11.2. The molecule has 0 fully saturated rings. The van der Waals surface area contributed by atoms with Gasteiger partial charge in [0.25, 0.3) is 0 Å². The van der Waals surface area contributed by atoms with Crippen LogP contribution < -0.4 is 16.0 Å². The van der Waals surface area contributed by atoms with Gasteiger partial charge in [-0.1, -0.05) is 146 Å². The van der Waals surface area contributed by atoms with E-state index in [1.165, 1.54) is 99.3 Å². The van der Waals surface area contributed by atoms with Crippen LogP contribution in [0.1, 0.15) is 83.6 Å². The van der Waals surface area contributed by atoms with Gasteiger partial charge in [-0.3, -0.25) is 0 Å². The number of fused-ring (bicyclic) bond motifs is 12. The Morgan fingerprint density at radius 3 is 2.08 bits per heavy atom. The average Bonchev–Trinajstić information content (AvgIpc) is 3.77. The average molecular weight is 765 g/mol. The zero-order valence-electron chi connectivity index (χ0n) is 35.4. The van der Waals surface area contributed by atoms with E-state index < -0.39 is 0 Å². The summed E-state index contributed by atoms with van der Waals surface area (Å²) in [6, 6.07) is 48.5. The van der Waals surface area contributed by atoms with E-state index >= 15 is 0 Å². The molecular weight excluding hydrogens is 715 g/mol. The second-order valence-corrected chi connectivity index (χ2v) is 20.1. The van der Waals surface area contributed by atoms with Crippen LogP contribution in [-0.2, 0) is 16.2 Å². The van der Waals surface area contributed by atoms with Crippen molar-refractivity contribution in [3.8, 4) is 22.3 Å². The van der Waals surface area contributed by atoms with E-state index in [1.807, 2.05) is 0 Å². The Balaban J connectivity index is 1.28. The third-order valence-corrected chi connectivity index (χ3v) is 14.4. The maximum atomic E-state index is 7.59. The lowest BCUT2D eigenvalue weighted by Gasteiger charge is -2.42.